The first-order chi connectivity index (χ1) is 15.1. The summed E-state index contributed by atoms with van der Waals surface area (Å²) in [6.07, 6.45) is 2.32. The van der Waals surface area contributed by atoms with Gasteiger partial charge in [-0.15, -0.1) is 0 Å². The molecule has 0 bridgehead atoms. The minimum atomic E-state index is -3.84. The molecule has 2 aromatic carbocycles. The van der Waals surface area contributed by atoms with Gasteiger partial charge < -0.3 is 4.57 Å². The average Bonchev–Trinajstić information content (AvgIpc) is 2.99. The molecule has 7 nitrogen and oxygen atoms in total. The second-order valence-corrected chi connectivity index (χ2v) is 9.06. The van der Waals surface area contributed by atoms with Crippen molar-refractivity contribution < 1.29 is 22.0 Å². The standard InChI is InChI=1S/C22H22F2N4O3S/c1-15-11-17(16(2)28(15)21-10-5-4-9-20(21)24)13-25-26-22(29)14-27(32(3,30)31)19-8-6-7-18(23)12-19/h4-13H,14H2,1-3H3,(H,26,29)/b25-13-. The predicted molar refractivity (Wildman–Crippen MR) is 120 cm³/mol. The Balaban J connectivity index is 1.75. The Morgan fingerprint density at radius 3 is 2.50 bits per heavy atom. The second-order valence-electron chi connectivity index (χ2n) is 7.16. The van der Waals surface area contributed by atoms with Gasteiger partial charge in [0.05, 0.1) is 23.8 Å². The lowest BCUT2D eigenvalue weighted by Crippen LogP contribution is -2.39. The number of anilines is 1. The molecule has 32 heavy (non-hydrogen) atoms. The Kier molecular flexibility index (Phi) is 6.73. The van der Waals surface area contributed by atoms with Gasteiger partial charge in [-0.3, -0.25) is 9.10 Å². The van der Waals surface area contributed by atoms with E-state index in [0.29, 0.717) is 16.9 Å². The minimum absolute atomic E-state index is 0.0278. The molecular formula is C22H22F2N4O3S. The highest BCUT2D eigenvalue weighted by Gasteiger charge is 2.21. The number of carbonyl (C=O) groups is 1. The summed E-state index contributed by atoms with van der Waals surface area (Å²) in [4.78, 5) is 12.3. The molecule has 1 heterocycles. The summed E-state index contributed by atoms with van der Waals surface area (Å²) in [5.41, 5.74) is 4.83. The maximum atomic E-state index is 14.2. The van der Waals surface area contributed by atoms with Crippen LogP contribution in [0.2, 0.25) is 0 Å². The molecule has 0 radical (unpaired) electrons. The van der Waals surface area contributed by atoms with Crippen molar-refractivity contribution in [3.8, 4) is 5.69 Å². The molecule has 0 saturated carbocycles. The van der Waals surface area contributed by atoms with Crippen LogP contribution < -0.4 is 9.73 Å². The number of aryl methyl sites for hydroxylation is 1. The third-order valence-corrected chi connectivity index (χ3v) is 5.88. The summed E-state index contributed by atoms with van der Waals surface area (Å²) >= 11 is 0. The largest absolute Gasteiger partial charge is 0.315 e. The zero-order chi connectivity index (χ0) is 23.5. The van der Waals surface area contributed by atoms with Crippen LogP contribution in [0.4, 0.5) is 14.5 Å². The van der Waals surface area contributed by atoms with Crippen molar-refractivity contribution in [1.29, 1.82) is 0 Å². The van der Waals surface area contributed by atoms with Gasteiger partial charge in [0.2, 0.25) is 10.0 Å². The van der Waals surface area contributed by atoms with Crippen molar-refractivity contribution in [2.75, 3.05) is 17.1 Å². The molecule has 0 aliphatic carbocycles. The van der Waals surface area contributed by atoms with Crippen LogP contribution in [-0.2, 0) is 14.8 Å². The summed E-state index contributed by atoms with van der Waals surface area (Å²) in [5, 5.41) is 3.89. The van der Waals surface area contributed by atoms with Crippen molar-refractivity contribution >= 4 is 27.8 Å². The smallest absolute Gasteiger partial charge is 0.260 e. The van der Waals surface area contributed by atoms with E-state index < -0.39 is 28.3 Å². The Hall–Kier alpha value is -3.53. The van der Waals surface area contributed by atoms with E-state index in [1.165, 1.54) is 30.5 Å². The van der Waals surface area contributed by atoms with E-state index in [9.17, 15) is 22.0 Å². The van der Waals surface area contributed by atoms with E-state index >= 15 is 0 Å². The number of hydrazone groups is 1. The minimum Gasteiger partial charge on any atom is -0.315 e. The maximum absolute atomic E-state index is 14.2. The van der Waals surface area contributed by atoms with Crippen LogP contribution in [0.15, 0.2) is 59.7 Å². The monoisotopic (exact) mass is 460 g/mol. The van der Waals surface area contributed by atoms with Crippen LogP contribution in [0, 0.1) is 25.5 Å². The summed E-state index contributed by atoms with van der Waals surface area (Å²) in [7, 11) is -3.84. The molecular weight excluding hydrogens is 438 g/mol. The Bertz CT molecular complexity index is 1290. The maximum Gasteiger partial charge on any atom is 0.260 e. The van der Waals surface area contributed by atoms with Crippen molar-refractivity contribution in [2.45, 2.75) is 13.8 Å². The van der Waals surface area contributed by atoms with E-state index in [1.54, 1.807) is 35.8 Å². The molecule has 0 aliphatic heterocycles. The second kappa shape index (κ2) is 9.31. The molecule has 0 fully saturated rings. The Morgan fingerprint density at radius 1 is 1.12 bits per heavy atom. The number of aromatic nitrogens is 1. The van der Waals surface area contributed by atoms with Crippen LogP contribution in [0.25, 0.3) is 5.69 Å². The first-order valence-electron chi connectivity index (χ1n) is 9.57. The molecule has 0 atom stereocenters. The molecule has 1 amide bonds. The van der Waals surface area contributed by atoms with Gasteiger partial charge in [0.1, 0.15) is 18.2 Å². The zero-order valence-electron chi connectivity index (χ0n) is 17.7. The van der Waals surface area contributed by atoms with Crippen LogP contribution in [0.1, 0.15) is 17.0 Å². The number of halogens is 2. The molecule has 0 saturated heterocycles. The molecule has 3 aromatic rings. The highest BCUT2D eigenvalue weighted by atomic mass is 32.2. The van der Waals surface area contributed by atoms with E-state index in [4.69, 9.17) is 0 Å². The number of rotatable bonds is 7. The van der Waals surface area contributed by atoms with Crippen molar-refractivity contribution in [2.24, 2.45) is 5.10 Å². The molecule has 0 unspecified atom stereocenters. The lowest BCUT2D eigenvalue weighted by Gasteiger charge is -2.21. The summed E-state index contributed by atoms with van der Waals surface area (Å²) in [5.74, 6) is -1.71. The number of hydrogen-bond acceptors (Lipinski definition) is 4. The van der Waals surface area contributed by atoms with Crippen molar-refractivity contribution in [3.05, 3.63) is 83.2 Å². The highest BCUT2D eigenvalue weighted by molar-refractivity contribution is 7.92. The molecule has 10 heteroatoms. The van der Waals surface area contributed by atoms with Crippen LogP contribution >= 0.6 is 0 Å². The fourth-order valence-electron chi connectivity index (χ4n) is 3.29. The third-order valence-electron chi connectivity index (χ3n) is 4.74. The number of hydrogen-bond donors (Lipinski definition) is 1. The number of amides is 1. The van der Waals surface area contributed by atoms with Crippen molar-refractivity contribution in [3.63, 3.8) is 0 Å². The summed E-state index contributed by atoms with van der Waals surface area (Å²) < 4.78 is 54.3. The molecule has 3 rings (SSSR count). The molecule has 1 N–H and O–H groups in total. The van der Waals surface area contributed by atoms with Gasteiger partial charge in [-0.05, 0) is 50.2 Å². The van der Waals surface area contributed by atoms with E-state index in [0.717, 1.165) is 22.3 Å². The van der Waals surface area contributed by atoms with Crippen molar-refractivity contribution in [1.82, 2.24) is 9.99 Å². The fourth-order valence-corrected chi connectivity index (χ4v) is 4.14. The molecule has 168 valence electrons. The van der Waals surface area contributed by atoms with Gasteiger partial charge in [0.15, 0.2) is 0 Å². The first kappa shape index (κ1) is 23.1. The SMILES string of the molecule is Cc1cc(/C=N\NC(=O)CN(c2cccc(F)c2)S(C)(=O)=O)c(C)n1-c1ccccc1F. The lowest BCUT2D eigenvalue weighted by atomic mass is 10.2. The van der Waals surface area contributed by atoms with Gasteiger partial charge in [-0.1, -0.05) is 18.2 Å². The van der Waals surface area contributed by atoms with Gasteiger partial charge in [0.25, 0.3) is 5.91 Å². The molecule has 1 aromatic heterocycles. The van der Waals surface area contributed by atoms with E-state index in [-0.39, 0.29) is 11.5 Å². The van der Waals surface area contributed by atoms with Crippen LogP contribution in [0.3, 0.4) is 0 Å². The first-order valence-corrected chi connectivity index (χ1v) is 11.4. The van der Waals surface area contributed by atoms with E-state index in [1.807, 2.05) is 6.92 Å². The van der Waals surface area contributed by atoms with E-state index in [2.05, 4.69) is 10.5 Å². The van der Waals surface area contributed by atoms with Gasteiger partial charge in [0, 0.05) is 17.0 Å². The topological polar surface area (TPSA) is 83.8 Å². The Morgan fingerprint density at radius 2 is 1.84 bits per heavy atom. The lowest BCUT2D eigenvalue weighted by molar-refractivity contribution is -0.119. The highest BCUT2D eigenvalue weighted by Crippen LogP contribution is 2.22. The summed E-state index contributed by atoms with van der Waals surface area (Å²) in [6.45, 7) is 3.03. The third kappa shape index (κ3) is 5.20. The molecule has 0 aliphatic rings. The van der Waals surface area contributed by atoms with Crippen LogP contribution in [0.5, 0.6) is 0 Å². The quantitative estimate of drug-likeness (QED) is 0.434. The zero-order valence-corrected chi connectivity index (χ0v) is 18.5. The fraction of sp³-hybridized carbons (Fsp3) is 0.182. The summed E-state index contributed by atoms with van der Waals surface area (Å²) in [6, 6.07) is 13.1. The van der Waals surface area contributed by atoms with Gasteiger partial charge >= 0.3 is 0 Å². The average molecular weight is 461 g/mol. The van der Waals surface area contributed by atoms with Gasteiger partial charge in [-0.25, -0.2) is 22.6 Å². The normalized spacial score (nSPS) is 11.7. The van der Waals surface area contributed by atoms with Crippen LogP contribution in [-0.4, -0.2) is 37.9 Å². The molecule has 0 spiro atoms. The predicted octanol–water partition coefficient (Wildman–Crippen LogP) is 3.29. The van der Waals surface area contributed by atoms with Gasteiger partial charge in [-0.2, -0.15) is 5.10 Å². The number of nitrogens with one attached hydrogen (secondary N) is 1. The number of carbonyl (C=O) groups excluding carboxylic acids is 1. The number of nitrogens with zero attached hydrogens (tertiary/aromatic N) is 3. The Labute approximate surface area is 185 Å². The number of benzene rings is 2. The number of para-hydroxylation sites is 1. The number of sulfonamides is 1.